The fourth-order valence-corrected chi connectivity index (χ4v) is 3.98. The number of methoxy groups -OCH3 is 1. The monoisotopic (exact) mass is 491 g/mol. The molecule has 0 radical (unpaired) electrons. The number of hydrogen-bond donors (Lipinski definition) is 2. The van der Waals surface area contributed by atoms with E-state index in [1.807, 2.05) is 30.3 Å². The fourth-order valence-electron chi connectivity index (χ4n) is 3.21. The summed E-state index contributed by atoms with van der Waals surface area (Å²) in [5, 5.41) is 14.6. The molecule has 0 aliphatic carbocycles. The Balaban J connectivity index is 1.46. The number of ether oxygens (including phenoxy) is 1. The predicted octanol–water partition coefficient (Wildman–Crippen LogP) is 4.08. The molecule has 0 spiro atoms. The fraction of sp³-hybridized carbons (Fsp3) is 0.120. The average Bonchev–Trinajstić information content (AvgIpc) is 3.30. The minimum atomic E-state index is -0.375. The highest BCUT2D eigenvalue weighted by Gasteiger charge is 2.17. The molecular formula is C25H22FN5O3S. The lowest BCUT2D eigenvalue weighted by Gasteiger charge is -2.11. The Bertz CT molecular complexity index is 1300. The number of aromatic nitrogens is 3. The van der Waals surface area contributed by atoms with Crippen molar-refractivity contribution < 1.29 is 18.7 Å². The molecule has 0 bridgehead atoms. The smallest absolute Gasteiger partial charge is 0.251 e. The number of para-hydroxylation sites is 1. The Morgan fingerprint density at radius 3 is 2.37 bits per heavy atom. The van der Waals surface area contributed by atoms with Crippen molar-refractivity contribution in [3.63, 3.8) is 0 Å². The summed E-state index contributed by atoms with van der Waals surface area (Å²) >= 11 is 1.20. The lowest BCUT2D eigenvalue weighted by molar-refractivity contribution is -0.113. The molecule has 0 saturated carbocycles. The third-order valence-corrected chi connectivity index (χ3v) is 5.86. The zero-order valence-electron chi connectivity index (χ0n) is 18.8. The number of rotatable bonds is 9. The molecular weight excluding hydrogens is 469 g/mol. The second-order valence-corrected chi connectivity index (χ2v) is 8.27. The van der Waals surface area contributed by atoms with Gasteiger partial charge in [0.25, 0.3) is 5.91 Å². The summed E-state index contributed by atoms with van der Waals surface area (Å²) in [5.74, 6) is 0.345. The molecule has 2 amide bonds. The quantitative estimate of drug-likeness (QED) is 0.343. The van der Waals surface area contributed by atoms with E-state index in [0.29, 0.717) is 28.0 Å². The maximum atomic E-state index is 13.1. The van der Waals surface area contributed by atoms with Crippen molar-refractivity contribution in [2.75, 3.05) is 18.2 Å². The summed E-state index contributed by atoms with van der Waals surface area (Å²) < 4.78 is 20.0. The van der Waals surface area contributed by atoms with Crippen LogP contribution < -0.4 is 15.4 Å². The van der Waals surface area contributed by atoms with Crippen molar-refractivity contribution >= 4 is 29.3 Å². The van der Waals surface area contributed by atoms with Crippen LogP contribution in [0.2, 0.25) is 0 Å². The van der Waals surface area contributed by atoms with Crippen molar-refractivity contribution in [1.82, 2.24) is 20.1 Å². The van der Waals surface area contributed by atoms with E-state index in [1.165, 1.54) is 36.0 Å². The highest BCUT2D eigenvalue weighted by molar-refractivity contribution is 7.99. The van der Waals surface area contributed by atoms with Gasteiger partial charge in [0.15, 0.2) is 11.0 Å². The Labute approximate surface area is 205 Å². The zero-order chi connectivity index (χ0) is 24.6. The Hall–Kier alpha value is -4.18. The van der Waals surface area contributed by atoms with Crippen LogP contribution in [0.4, 0.5) is 10.1 Å². The van der Waals surface area contributed by atoms with Crippen molar-refractivity contribution in [1.29, 1.82) is 0 Å². The van der Waals surface area contributed by atoms with E-state index in [4.69, 9.17) is 4.74 Å². The molecule has 0 fully saturated rings. The molecule has 4 rings (SSSR count). The molecule has 178 valence electrons. The SMILES string of the molecule is COc1ccc(C(=O)NCc2nnc(SCC(=O)Nc3ccc(F)cc3)n2-c2ccccc2)cc1. The van der Waals surface area contributed by atoms with Crippen LogP contribution in [0.25, 0.3) is 5.69 Å². The van der Waals surface area contributed by atoms with Gasteiger partial charge in [-0.1, -0.05) is 30.0 Å². The molecule has 1 aromatic heterocycles. The standard InChI is InChI=1S/C25H22FN5O3S/c1-34-21-13-7-17(8-14-21)24(33)27-15-22-29-30-25(31(22)20-5-3-2-4-6-20)35-16-23(32)28-19-11-9-18(26)10-12-19/h2-14H,15-16H2,1H3,(H,27,33)(H,28,32). The third-order valence-electron chi connectivity index (χ3n) is 4.93. The highest BCUT2D eigenvalue weighted by Crippen LogP contribution is 2.22. The molecule has 4 aromatic rings. The molecule has 0 unspecified atom stereocenters. The molecule has 35 heavy (non-hydrogen) atoms. The number of anilines is 1. The number of nitrogens with zero attached hydrogens (tertiary/aromatic N) is 3. The normalized spacial score (nSPS) is 10.6. The van der Waals surface area contributed by atoms with Crippen molar-refractivity contribution in [2.24, 2.45) is 0 Å². The Morgan fingerprint density at radius 1 is 0.971 bits per heavy atom. The van der Waals surface area contributed by atoms with E-state index in [1.54, 1.807) is 35.9 Å². The summed E-state index contributed by atoms with van der Waals surface area (Å²) in [5.41, 5.74) is 1.79. The number of amides is 2. The van der Waals surface area contributed by atoms with Crippen molar-refractivity contribution in [3.05, 3.63) is 96.1 Å². The second kappa shape index (κ2) is 11.3. The van der Waals surface area contributed by atoms with Crippen LogP contribution in [0, 0.1) is 5.82 Å². The number of benzene rings is 3. The predicted molar refractivity (Wildman–Crippen MR) is 131 cm³/mol. The molecule has 1 heterocycles. The number of hydrogen-bond acceptors (Lipinski definition) is 6. The number of thioether (sulfide) groups is 1. The number of nitrogens with one attached hydrogen (secondary N) is 2. The van der Waals surface area contributed by atoms with Gasteiger partial charge >= 0.3 is 0 Å². The summed E-state index contributed by atoms with van der Waals surface area (Å²) in [6.45, 7) is 0.134. The molecule has 10 heteroatoms. The molecule has 0 aliphatic heterocycles. The van der Waals surface area contributed by atoms with Crippen LogP contribution in [-0.4, -0.2) is 39.4 Å². The van der Waals surface area contributed by atoms with Gasteiger partial charge < -0.3 is 15.4 Å². The van der Waals surface area contributed by atoms with Crippen LogP contribution in [0.3, 0.4) is 0 Å². The lowest BCUT2D eigenvalue weighted by atomic mass is 10.2. The van der Waals surface area contributed by atoms with Gasteiger partial charge in [-0.3, -0.25) is 14.2 Å². The molecule has 0 atom stereocenters. The van der Waals surface area contributed by atoms with E-state index >= 15 is 0 Å². The lowest BCUT2D eigenvalue weighted by Crippen LogP contribution is -2.24. The first-order valence-electron chi connectivity index (χ1n) is 10.6. The number of carbonyl (C=O) groups is 2. The minimum Gasteiger partial charge on any atom is -0.497 e. The molecule has 0 aliphatic rings. The summed E-state index contributed by atoms with van der Waals surface area (Å²) in [7, 11) is 1.56. The highest BCUT2D eigenvalue weighted by atomic mass is 32.2. The summed E-state index contributed by atoms with van der Waals surface area (Å²) in [4.78, 5) is 25.0. The number of halogens is 1. The second-order valence-electron chi connectivity index (χ2n) is 7.32. The maximum Gasteiger partial charge on any atom is 0.251 e. The van der Waals surface area contributed by atoms with Gasteiger partial charge in [0.2, 0.25) is 5.91 Å². The first-order valence-corrected chi connectivity index (χ1v) is 11.6. The van der Waals surface area contributed by atoms with Gasteiger partial charge in [0.1, 0.15) is 11.6 Å². The summed E-state index contributed by atoms with van der Waals surface area (Å²) in [6, 6.07) is 21.8. The number of carbonyl (C=O) groups excluding carboxylic acids is 2. The molecule has 8 nitrogen and oxygen atoms in total. The van der Waals surface area contributed by atoms with Crippen LogP contribution in [0.5, 0.6) is 5.75 Å². The van der Waals surface area contributed by atoms with E-state index in [0.717, 1.165) is 5.69 Å². The van der Waals surface area contributed by atoms with E-state index in [-0.39, 0.29) is 29.9 Å². The van der Waals surface area contributed by atoms with E-state index < -0.39 is 0 Å². The Kier molecular flexibility index (Phi) is 7.74. The van der Waals surface area contributed by atoms with Crippen LogP contribution in [0.1, 0.15) is 16.2 Å². The maximum absolute atomic E-state index is 13.1. The van der Waals surface area contributed by atoms with Gasteiger partial charge in [-0.25, -0.2) is 4.39 Å². The zero-order valence-corrected chi connectivity index (χ0v) is 19.6. The van der Waals surface area contributed by atoms with Crippen molar-refractivity contribution in [2.45, 2.75) is 11.7 Å². The van der Waals surface area contributed by atoms with Crippen molar-refractivity contribution in [3.8, 4) is 11.4 Å². The molecule has 2 N–H and O–H groups in total. The summed E-state index contributed by atoms with van der Waals surface area (Å²) in [6.07, 6.45) is 0. The van der Waals surface area contributed by atoms with E-state index in [9.17, 15) is 14.0 Å². The largest absolute Gasteiger partial charge is 0.497 e. The van der Waals surface area contributed by atoms with E-state index in [2.05, 4.69) is 20.8 Å². The van der Waals surface area contributed by atoms with Gasteiger partial charge in [0.05, 0.1) is 19.4 Å². The van der Waals surface area contributed by atoms with Crippen LogP contribution in [-0.2, 0) is 11.3 Å². The molecule has 3 aromatic carbocycles. The Morgan fingerprint density at radius 2 is 1.69 bits per heavy atom. The molecule has 0 saturated heterocycles. The van der Waals surface area contributed by atoms with Crippen LogP contribution in [0.15, 0.2) is 84.0 Å². The third kappa shape index (κ3) is 6.24. The topological polar surface area (TPSA) is 98.1 Å². The van der Waals surface area contributed by atoms with Gasteiger partial charge in [-0.15, -0.1) is 10.2 Å². The van der Waals surface area contributed by atoms with Gasteiger partial charge in [-0.05, 0) is 60.7 Å². The van der Waals surface area contributed by atoms with Gasteiger partial charge in [0, 0.05) is 16.9 Å². The first-order chi connectivity index (χ1) is 17.0. The first kappa shape index (κ1) is 24.0. The average molecular weight is 492 g/mol. The van der Waals surface area contributed by atoms with Crippen LogP contribution >= 0.6 is 11.8 Å². The van der Waals surface area contributed by atoms with Gasteiger partial charge in [-0.2, -0.15) is 0 Å². The minimum absolute atomic E-state index is 0.0700.